The fourth-order valence-electron chi connectivity index (χ4n) is 3.34. The highest BCUT2D eigenvalue weighted by Crippen LogP contribution is 2.26. The van der Waals surface area contributed by atoms with Crippen LogP contribution in [0.2, 0.25) is 0 Å². The molecule has 2 aromatic rings. The van der Waals surface area contributed by atoms with Gasteiger partial charge in [0.05, 0.1) is 5.75 Å². The van der Waals surface area contributed by atoms with Gasteiger partial charge >= 0.3 is 0 Å². The molecule has 1 amide bonds. The highest BCUT2D eigenvalue weighted by molar-refractivity contribution is 7.92. The molecule has 1 aromatic carbocycles. The second-order valence-corrected chi connectivity index (χ2v) is 8.98. The number of nitrogens with zero attached hydrogens (tertiary/aromatic N) is 1. The van der Waals surface area contributed by atoms with E-state index in [1.807, 2.05) is 32.0 Å². The number of hydrogen-bond donors (Lipinski definition) is 2. The van der Waals surface area contributed by atoms with Crippen molar-refractivity contribution < 1.29 is 13.2 Å². The van der Waals surface area contributed by atoms with Gasteiger partial charge in [0.25, 0.3) is 5.91 Å². The minimum Gasteiger partial charge on any atom is -0.322 e. The number of aromatic nitrogens is 1. The van der Waals surface area contributed by atoms with Gasteiger partial charge in [-0.3, -0.25) is 9.52 Å². The summed E-state index contributed by atoms with van der Waals surface area (Å²) in [6.07, 6.45) is 5.52. The first-order valence-electron chi connectivity index (χ1n) is 9.17. The number of pyridine rings is 1. The fourth-order valence-corrected chi connectivity index (χ4v) is 4.81. The van der Waals surface area contributed by atoms with Gasteiger partial charge in [-0.05, 0) is 68.0 Å². The third kappa shape index (κ3) is 5.29. The number of hydrogen-bond acceptors (Lipinski definition) is 4. The van der Waals surface area contributed by atoms with Crippen molar-refractivity contribution in [2.24, 2.45) is 5.92 Å². The molecule has 0 spiro atoms. The van der Waals surface area contributed by atoms with Crippen LogP contribution in [0.4, 0.5) is 11.5 Å². The smallest absolute Gasteiger partial charge is 0.255 e. The van der Waals surface area contributed by atoms with Crippen LogP contribution in [0.1, 0.15) is 47.2 Å². The van der Waals surface area contributed by atoms with Crippen molar-refractivity contribution in [3.05, 3.63) is 53.2 Å². The van der Waals surface area contributed by atoms with Crippen molar-refractivity contribution in [3.8, 4) is 0 Å². The summed E-state index contributed by atoms with van der Waals surface area (Å²) >= 11 is 0. The number of nitrogens with one attached hydrogen (secondary N) is 2. The number of rotatable bonds is 6. The summed E-state index contributed by atoms with van der Waals surface area (Å²) < 4.78 is 27.2. The van der Waals surface area contributed by atoms with E-state index < -0.39 is 10.0 Å². The van der Waals surface area contributed by atoms with Gasteiger partial charge in [0, 0.05) is 17.4 Å². The molecular formula is C20H25N3O3S. The molecule has 0 aliphatic heterocycles. The molecule has 1 heterocycles. The quantitative estimate of drug-likeness (QED) is 0.787. The number of anilines is 2. The van der Waals surface area contributed by atoms with E-state index in [-0.39, 0.29) is 23.4 Å². The van der Waals surface area contributed by atoms with Crippen LogP contribution in [-0.4, -0.2) is 25.1 Å². The summed E-state index contributed by atoms with van der Waals surface area (Å²) in [5.41, 5.74) is 3.28. The number of amides is 1. The molecule has 0 saturated heterocycles. The van der Waals surface area contributed by atoms with Crippen molar-refractivity contribution in [3.63, 3.8) is 0 Å². The Bertz CT molecular complexity index is 935. The van der Waals surface area contributed by atoms with Crippen molar-refractivity contribution in [2.75, 3.05) is 15.8 Å². The Hall–Kier alpha value is -2.41. The van der Waals surface area contributed by atoms with Crippen LogP contribution in [0, 0.1) is 19.8 Å². The molecule has 27 heavy (non-hydrogen) atoms. The van der Waals surface area contributed by atoms with Crippen molar-refractivity contribution in [1.82, 2.24) is 4.98 Å². The van der Waals surface area contributed by atoms with Crippen LogP contribution >= 0.6 is 0 Å². The first-order chi connectivity index (χ1) is 12.8. The van der Waals surface area contributed by atoms with Crippen LogP contribution < -0.4 is 10.0 Å². The first kappa shape index (κ1) is 19.4. The number of benzene rings is 1. The number of carbonyl (C=O) groups excluding carboxylic acids is 1. The molecule has 1 fully saturated rings. The zero-order chi connectivity index (χ0) is 19.4. The Morgan fingerprint density at radius 2 is 1.85 bits per heavy atom. The van der Waals surface area contributed by atoms with Gasteiger partial charge in [0.15, 0.2) is 0 Å². The molecule has 0 atom stereocenters. The molecule has 2 N–H and O–H groups in total. The van der Waals surface area contributed by atoms with Crippen LogP contribution in [0.3, 0.4) is 0 Å². The normalized spacial score (nSPS) is 14.9. The number of sulfonamides is 1. The van der Waals surface area contributed by atoms with E-state index in [0.717, 1.165) is 36.8 Å². The van der Waals surface area contributed by atoms with Crippen LogP contribution in [0.5, 0.6) is 0 Å². The van der Waals surface area contributed by atoms with E-state index in [0.29, 0.717) is 11.3 Å². The topological polar surface area (TPSA) is 88.2 Å². The summed E-state index contributed by atoms with van der Waals surface area (Å²) in [5, 5.41) is 2.83. The van der Waals surface area contributed by atoms with E-state index >= 15 is 0 Å². The molecule has 144 valence electrons. The summed E-state index contributed by atoms with van der Waals surface area (Å²) in [6.45, 7) is 3.99. The maximum absolute atomic E-state index is 12.5. The highest BCUT2D eigenvalue weighted by atomic mass is 32.2. The van der Waals surface area contributed by atoms with Gasteiger partial charge in [0.1, 0.15) is 5.82 Å². The summed E-state index contributed by atoms with van der Waals surface area (Å²) in [7, 11) is -3.47. The summed E-state index contributed by atoms with van der Waals surface area (Å²) in [4.78, 5) is 16.5. The molecule has 1 aromatic heterocycles. The fraction of sp³-hybridized carbons (Fsp3) is 0.400. The third-order valence-electron chi connectivity index (χ3n) is 4.98. The van der Waals surface area contributed by atoms with Gasteiger partial charge in [-0.2, -0.15) is 0 Å². The molecule has 1 saturated carbocycles. The Morgan fingerprint density at radius 3 is 2.56 bits per heavy atom. The molecule has 0 bridgehead atoms. The van der Waals surface area contributed by atoms with E-state index in [1.165, 1.54) is 12.3 Å². The van der Waals surface area contributed by atoms with Crippen LogP contribution in [-0.2, 0) is 10.0 Å². The average Bonchev–Trinajstić information content (AvgIpc) is 3.10. The molecule has 1 aliphatic carbocycles. The number of aryl methyl sites for hydroxylation is 2. The monoisotopic (exact) mass is 387 g/mol. The minimum atomic E-state index is -3.47. The lowest BCUT2D eigenvalue weighted by Crippen LogP contribution is -2.22. The minimum absolute atomic E-state index is 0.105. The van der Waals surface area contributed by atoms with Crippen molar-refractivity contribution >= 4 is 27.4 Å². The molecule has 7 heteroatoms. The Balaban J connectivity index is 1.68. The van der Waals surface area contributed by atoms with Gasteiger partial charge < -0.3 is 5.32 Å². The lowest BCUT2D eigenvalue weighted by molar-refractivity contribution is 0.102. The summed E-state index contributed by atoms with van der Waals surface area (Å²) in [6, 6.07) is 8.71. The average molecular weight is 388 g/mol. The lowest BCUT2D eigenvalue weighted by Gasteiger charge is -2.12. The Kier molecular flexibility index (Phi) is 5.79. The Morgan fingerprint density at radius 1 is 1.11 bits per heavy atom. The van der Waals surface area contributed by atoms with Gasteiger partial charge in [-0.15, -0.1) is 0 Å². The van der Waals surface area contributed by atoms with Gasteiger partial charge in [0.2, 0.25) is 10.0 Å². The van der Waals surface area contributed by atoms with E-state index in [2.05, 4.69) is 15.0 Å². The molecule has 0 unspecified atom stereocenters. The Labute approximate surface area is 160 Å². The second-order valence-electron chi connectivity index (χ2n) is 7.22. The second kappa shape index (κ2) is 8.08. The lowest BCUT2D eigenvalue weighted by atomic mass is 10.1. The number of carbonyl (C=O) groups is 1. The first-order valence-corrected chi connectivity index (χ1v) is 10.8. The van der Waals surface area contributed by atoms with Crippen LogP contribution in [0.15, 0.2) is 36.5 Å². The molecular weight excluding hydrogens is 362 g/mol. The zero-order valence-corrected chi connectivity index (χ0v) is 16.5. The van der Waals surface area contributed by atoms with Crippen molar-refractivity contribution in [2.45, 2.75) is 39.5 Å². The van der Waals surface area contributed by atoms with Gasteiger partial charge in [-0.25, -0.2) is 13.4 Å². The van der Waals surface area contributed by atoms with Gasteiger partial charge in [-0.1, -0.05) is 18.9 Å². The summed E-state index contributed by atoms with van der Waals surface area (Å²) in [5.74, 6) is 0.171. The molecule has 1 aliphatic rings. The van der Waals surface area contributed by atoms with E-state index in [9.17, 15) is 13.2 Å². The standard InChI is InChI=1S/C20H25N3O3S/c1-14-7-8-18(11-15(14)2)22-20(24)17-9-10-21-19(12-17)23-27(25,26)13-16-5-3-4-6-16/h7-12,16H,3-6,13H2,1-2H3,(H,21,23)(H,22,24). The molecule has 0 radical (unpaired) electrons. The van der Waals surface area contributed by atoms with Crippen molar-refractivity contribution in [1.29, 1.82) is 0 Å². The largest absolute Gasteiger partial charge is 0.322 e. The van der Waals surface area contributed by atoms with Crippen LogP contribution in [0.25, 0.3) is 0 Å². The maximum Gasteiger partial charge on any atom is 0.255 e. The van der Waals surface area contributed by atoms with E-state index in [4.69, 9.17) is 0 Å². The SMILES string of the molecule is Cc1ccc(NC(=O)c2ccnc(NS(=O)(=O)CC3CCCC3)c2)cc1C. The maximum atomic E-state index is 12.5. The van der Waals surface area contributed by atoms with E-state index in [1.54, 1.807) is 6.07 Å². The highest BCUT2D eigenvalue weighted by Gasteiger charge is 2.23. The third-order valence-corrected chi connectivity index (χ3v) is 6.41. The predicted octanol–water partition coefficient (Wildman–Crippen LogP) is 3.88. The molecule has 3 rings (SSSR count). The zero-order valence-electron chi connectivity index (χ0n) is 15.7. The predicted molar refractivity (Wildman–Crippen MR) is 107 cm³/mol. The molecule has 6 nitrogen and oxygen atoms in total.